The number of aliphatic hydroxyl groups is 1. The lowest BCUT2D eigenvalue weighted by Crippen LogP contribution is -2.39. The monoisotopic (exact) mass is 527 g/mol. The summed E-state index contributed by atoms with van der Waals surface area (Å²) in [6, 6.07) is 17.4. The molecule has 2 atom stereocenters. The van der Waals surface area contributed by atoms with Gasteiger partial charge in [-0.2, -0.15) is 5.10 Å². The number of aryl methyl sites for hydroxylation is 1. The standard InChI is InChI=1S/C29H38ClN3O4/c1-3-4-16-35-21-24(34)18-32(19-25-13-10-17-36-25)20-26-22(2)31-33(23-11-6-5-7-12-23)29(26)37-28-15-9-8-14-27(28)30/h5-9,11-12,14-15,24-25,34H,3-4,10,13,16-21H2,1-2H3/t24-,25+/m0/s1. The van der Waals surface area contributed by atoms with Gasteiger partial charge in [0, 0.05) is 32.8 Å². The van der Waals surface area contributed by atoms with Gasteiger partial charge in [0.15, 0.2) is 0 Å². The molecule has 3 aromatic rings. The maximum atomic E-state index is 10.8. The van der Waals surface area contributed by atoms with Crippen LogP contribution in [0.25, 0.3) is 5.69 Å². The predicted octanol–water partition coefficient (Wildman–Crippen LogP) is 5.79. The number of hydrogen-bond donors (Lipinski definition) is 1. The van der Waals surface area contributed by atoms with Gasteiger partial charge >= 0.3 is 0 Å². The van der Waals surface area contributed by atoms with Crippen molar-refractivity contribution in [3.8, 4) is 17.3 Å². The summed E-state index contributed by atoms with van der Waals surface area (Å²) in [5.74, 6) is 1.18. The van der Waals surface area contributed by atoms with E-state index in [0.29, 0.717) is 49.5 Å². The highest BCUT2D eigenvalue weighted by atomic mass is 35.5. The van der Waals surface area contributed by atoms with Crippen molar-refractivity contribution in [2.24, 2.45) is 0 Å². The summed E-state index contributed by atoms with van der Waals surface area (Å²) in [7, 11) is 0. The Hall–Kier alpha value is -2.42. The number of benzene rings is 2. The van der Waals surface area contributed by atoms with Gasteiger partial charge in [-0.15, -0.1) is 0 Å². The molecule has 1 aliphatic heterocycles. The second-order valence-corrected chi connectivity index (χ2v) is 9.97. The Morgan fingerprint density at radius 2 is 1.97 bits per heavy atom. The van der Waals surface area contributed by atoms with E-state index in [1.165, 1.54) is 0 Å². The summed E-state index contributed by atoms with van der Waals surface area (Å²) in [6.07, 6.45) is 3.69. The lowest BCUT2D eigenvalue weighted by Gasteiger charge is -2.27. The smallest absolute Gasteiger partial charge is 0.227 e. The van der Waals surface area contributed by atoms with Crippen LogP contribution in [0.2, 0.25) is 5.02 Å². The molecule has 0 spiro atoms. The molecule has 0 aliphatic carbocycles. The maximum absolute atomic E-state index is 10.8. The maximum Gasteiger partial charge on any atom is 0.227 e. The van der Waals surface area contributed by atoms with E-state index in [-0.39, 0.29) is 6.10 Å². The minimum atomic E-state index is -0.601. The van der Waals surface area contributed by atoms with E-state index in [0.717, 1.165) is 49.2 Å². The van der Waals surface area contributed by atoms with Gasteiger partial charge in [0.05, 0.1) is 40.8 Å². The highest BCUT2D eigenvalue weighted by Crippen LogP contribution is 2.35. The molecular weight excluding hydrogens is 490 g/mol. The van der Waals surface area contributed by atoms with Gasteiger partial charge in [0.1, 0.15) is 5.75 Å². The van der Waals surface area contributed by atoms with Crippen molar-refractivity contribution in [3.63, 3.8) is 0 Å². The molecule has 1 aromatic heterocycles. The quantitative estimate of drug-likeness (QED) is 0.268. The molecule has 0 amide bonds. The largest absolute Gasteiger partial charge is 0.437 e. The van der Waals surface area contributed by atoms with E-state index in [1.54, 1.807) is 0 Å². The van der Waals surface area contributed by atoms with Gasteiger partial charge in [-0.1, -0.05) is 55.3 Å². The summed E-state index contributed by atoms with van der Waals surface area (Å²) in [5, 5.41) is 16.2. The van der Waals surface area contributed by atoms with Gasteiger partial charge in [-0.05, 0) is 50.5 Å². The number of aromatic nitrogens is 2. The van der Waals surface area contributed by atoms with Crippen LogP contribution in [-0.4, -0.2) is 64.9 Å². The molecule has 8 heteroatoms. The molecule has 1 saturated heterocycles. The Morgan fingerprint density at radius 1 is 1.19 bits per heavy atom. The first-order valence-corrected chi connectivity index (χ1v) is 13.6. The number of rotatable bonds is 14. The van der Waals surface area contributed by atoms with Gasteiger partial charge in [-0.25, -0.2) is 4.68 Å². The Labute approximate surface area is 224 Å². The topological polar surface area (TPSA) is 69.0 Å². The first-order chi connectivity index (χ1) is 18.0. The van der Waals surface area contributed by atoms with Crippen molar-refractivity contribution in [2.45, 2.75) is 58.3 Å². The fraction of sp³-hybridized carbons (Fsp3) is 0.483. The van der Waals surface area contributed by atoms with Gasteiger partial charge in [0.2, 0.25) is 5.88 Å². The summed E-state index contributed by atoms with van der Waals surface area (Å²) >= 11 is 6.46. The van der Waals surface area contributed by atoms with Crippen molar-refractivity contribution < 1.29 is 19.3 Å². The minimum Gasteiger partial charge on any atom is -0.437 e. The van der Waals surface area contributed by atoms with Crippen molar-refractivity contribution in [1.82, 2.24) is 14.7 Å². The van der Waals surface area contributed by atoms with Crippen LogP contribution in [0.4, 0.5) is 0 Å². The average Bonchev–Trinajstić information content (AvgIpc) is 3.52. The third-order valence-electron chi connectivity index (χ3n) is 6.47. The van der Waals surface area contributed by atoms with Crippen LogP contribution < -0.4 is 4.74 Å². The summed E-state index contributed by atoms with van der Waals surface area (Å²) < 4.78 is 19.9. The Morgan fingerprint density at radius 3 is 2.70 bits per heavy atom. The fourth-order valence-electron chi connectivity index (χ4n) is 4.52. The molecule has 1 N–H and O–H groups in total. The van der Waals surface area contributed by atoms with E-state index >= 15 is 0 Å². The van der Waals surface area contributed by atoms with Crippen molar-refractivity contribution in [1.29, 1.82) is 0 Å². The number of halogens is 1. The lowest BCUT2D eigenvalue weighted by molar-refractivity contribution is 0.00137. The van der Waals surface area contributed by atoms with Crippen molar-refractivity contribution in [2.75, 3.05) is 32.9 Å². The molecule has 37 heavy (non-hydrogen) atoms. The highest BCUT2D eigenvalue weighted by molar-refractivity contribution is 6.32. The van der Waals surface area contributed by atoms with E-state index < -0.39 is 6.10 Å². The second-order valence-electron chi connectivity index (χ2n) is 9.56. The molecule has 0 bridgehead atoms. The van der Waals surface area contributed by atoms with E-state index in [2.05, 4.69) is 11.8 Å². The Kier molecular flexibility index (Phi) is 10.4. The van der Waals surface area contributed by atoms with Crippen LogP contribution in [0.3, 0.4) is 0 Å². The van der Waals surface area contributed by atoms with Crippen LogP contribution in [0.1, 0.15) is 43.9 Å². The van der Waals surface area contributed by atoms with E-state index in [4.69, 9.17) is 30.9 Å². The van der Waals surface area contributed by atoms with Crippen molar-refractivity contribution >= 4 is 11.6 Å². The summed E-state index contributed by atoms with van der Waals surface area (Å²) in [6.45, 7) is 7.61. The lowest BCUT2D eigenvalue weighted by atomic mass is 10.1. The Balaban J connectivity index is 1.61. The van der Waals surface area contributed by atoms with Gasteiger partial charge in [0.25, 0.3) is 0 Å². The number of nitrogens with zero attached hydrogens (tertiary/aromatic N) is 3. The summed E-state index contributed by atoms with van der Waals surface area (Å²) in [4.78, 5) is 2.22. The third-order valence-corrected chi connectivity index (χ3v) is 6.78. The molecule has 2 aromatic carbocycles. The fourth-order valence-corrected chi connectivity index (χ4v) is 4.70. The first kappa shape index (κ1) is 27.6. The third kappa shape index (κ3) is 7.79. The molecule has 0 saturated carbocycles. The number of aliphatic hydroxyl groups excluding tert-OH is 1. The minimum absolute atomic E-state index is 0.144. The predicted molar refractivity (Wildman–Crippen MR) is 146 cm³/mol. The number of unbranched alkanes of at least 4 members (excludes halogenated alkanes) is 1. The molecule has 4 rings (SSSR count). The molecule has 7 nitrogen and oxygen atoms in total. The van der Waals surface area contributed by atoms with E-state index in [9.17, 15) is 5.11 Å². The number of ether oxygens (including phenoxy) is 3. The molecular formula is C29H38ClN3O4. The molecule has 1 aliphatic rings. The van der Waals surface area contributed by atoms with Crippen LogP contribution in [0.5, 0.6) is 11.6 Å². The van der Waals surface area contributed by atoms with Crippen LogP contribution in [-0.2, 0) is 16.0 Å². The van der Waals surface area contributed by atoms with Gasteiger partial charge < -0.3 is 19.3 Å². The zero-order chi connectivity index (χ0) is 26.0. The first-order valence-electron chi connectivity index (χ1n) is 13.2. The van der Waals surface area contributed by atoms with Crippen LogP contribution >= 0.6 is 11.6 Å². The normalized spacial score (nSPS) is 16.4. The second kappa shape index (κ2) is 13.9. The SMILES string of the molecule is CCCCOC[C@@H](O)CN(Cc1c(C)nn(-c2ccccc2)c1Oc1ccccc1Cl)C[C@H]1CCCO1. The van der Waals surface area contributed by atoms with E-state index in [1.807, 2.05) is 66.2 Å². The number of hydrogen-bond acceptors (Lipinski definition) is 6. The van der Waals surface area contributed by atoms with Crippen LogP contribution in [0.15, 0.2) is 54.6 Å². The number of para-hydroxylation sites is 2. The molecule has 1 fully saturated rings. The van der Waals surface area contributed by atoms with Gasteiger partial charge in [-0.3, -0.25) is 4.90 Å². The average molecular weight is 528 g/mol. The zero-order valence-corrected chi connectivity index (χ0v) is 22.6. The molecule has 0 radical (unpaired) electrons. The molecule has 2 heterocycles. The van der Waals surface area contributed by atoms with Crippen molar-refractivity contribution in [3.05, 3.63) is 70.9 Å². The zero-order valence-electron chi connectivity index (χ0n) is 21.8. The Bertz CT molecular complexity index is 1100. The molecule has 0 unspecified atom stereocenters. The van der Waals surface area contributed by atoms with Crippen LogP contribution in [0, 0.1) is 6.92 Å². The summed E-state index contributed by atoms with van der Waals surface area (Å²) in [5.41, 5.74) is 2.70. The molecule has 200 valence electrons. The highest BCUT2D eigenvalue weighted by Gasteiger charge is 2.26.